The van der Waals surface area contributed by atoms with E-state index in [0.29, 0.717) is 0 Å². The zero-order valence-electron chi connectivity index (χ0n) is 48.3. The zero-order chi connectivity index (χ0) is 53.6. The van der Waals surface area contributed by atoms with Gasteiger partial charge >= 0.3 is 0 Å². The van der Waals surface area contributed by atoms with E-state index >= 15 is 0 Å². The molecule has 0 unspecified atom stereocenters. The molecule has 0 bridgehead atoms. The molecule has 8 aromatic rings. The number of hydrogen-bond donors (Lipinski definition) is 0. The highest BCUT2D eigenvalue weighted by atomic mass is 15.2. The van der Waals surface area contributed by atoms with Gasteiger partial charge in [0.2, 0.25) is 0 Å². The Morgan fingerprint density at radius 1 is 0.355 bits per heavy atom. The smallest absolute Gasteiger partial charge is 0.252 e. The van der Waals surface area contributed by atoms with Gasteiger partial charge in [-0.3, -0.25) is 0 Å². The van der Waals surface area contributed by atoms with Gasteiger partial charge in [-0.2, -0.15) is 0 Å². The summed E-state index contributed by atoms with van der Waals surface area (Å²) in [6.07, 6.45) is 4.67. The van der Waals surface area contributed by atoms with Gasteiger partial charge in [0.05, 0.1) is 5.69 Å². The third kappa shape index (κ3) is 8.12. The maximum absolute atomic E-state index is 2.75. The molecule has 0 fully saturated rings. The van der Waals surface area contributed by atoms with Crippen LogP contribution in [0.1, 0.15) is 162 Å². The first-order valence-corrected chi connectivity index (χ1v) is 28.5. The lowest BCUT2D eigenvalue weighted by molar-refractivity contribution is 0.332. The van der Waals surface area contributed by atoms with Gasteiger partial charge in [0.25, 0.3) is 6.71 Å². The van der Waals surface area contributed by atoms with Crippen molar-refractivity contribution in [2.45, 2.75) is 162 Å². The standard InChI is InChI=1S/C73H79BN2/c1-46-26-27-49(47-22-18-16-19-23-47)39-62(46)76-63-40-50(48-24-20-17-21-25-48)29-32-59(63)74-60-44-57-58(73(14,15)37-36-72(57,12)13)45-64(60)75(65-42-53(69(5,6)7)43-66(76)67(65)74)61-33-30-52(68(2,3)4)41-54(61)51-28-31-55-56(38-51)71(10,11)35-34-70(55,8)9/h16-33,38-45H,34-37H2,1-15H3. The average Bonchev–Trinajstić information content (AvgIpc) is 3.38. The summed E-state index contributed by atoms with van der Waals surface area (Å²) >= 11 is 0. The molecule has 76 heavy (non-hydrogen) atoms. The summed E-state index contributed by atoms with van der Waals surface area (Å²) in [6.45, 7) is 36.4. The highest BCUT2D eigenvalue weighted by Crippen LogP contribution is 2.54. The maximum Gasteiger partial charge on any atom is 0.252 e. The largest absolute Gasteiger partial charge is 0.311 e. The minimum absolute atomic E-state index is 0.00715. The normalized spacial score (nSPS) is 17.5. The molecule has 0 saturated carbocycles. The topological polar surface area (TPSA) is 6.48 Å². The second-order valence-corrected chi connectivity index (χ2v) is 28.0. The van der Waals surface area contributed by atoms with Crippen molar-refractivity contribution in [2.75, 3.05) is 9.80 Å². The zero-order valence-corrected chi connectivity index (χ0v) is 48.3. The van der Waals surface area contributed by atoms with E-state index in [2.05, 4.69) is 271 Å². The number of anilines is 6. The third-order valence-electron chi connectivity index (χ3n) is 18.8. The average molecular weight is 995 g/mol. The summed E-state index contributed by atoms with van der Waals surface area (Å²) in [6, 6.07) is 62.0. The van der Waals surface area contributed by atoms with E-state index in [9.17, 15) is 0 Å². The van der Waals surface area contributed by atoms with Crippen LogP contribution >= 0.6 is 0 Å². The van der Waals surface area contributed by atoms with Crippen molar-refractivity contribution in [2.24, 2.45) is 0 Å². The Hall–Kier alpha value is -6.58. The molecule has 0 amide bonds. The predicted molar refractivity (Wildman–Crippen MR) is 329 cm³/mol. The van der Waals surface area contributed by atoms with Crippen LogP contribution in [-0.2, 0) is 32.5 Å². The van der Waals surface area contributed by atoms with Gasteiger partial charge < -0.3 is 9.80 Å². The van der Waals surface area contributed by atoms with Gasteiger partial charge in [0.15, 0.2) is 0 Å². The highest BCUT2D eigenvalue weighted by Gasteiger charge is 2.48. The van der Waals surface area contributed by atoms with Crippen molar-refractivity contribution < 1.29 is 0 Å². The second kappa shape index (κ2) is 17.2. The fourth-order valence-corrected chi connectivity index (χ4v) is 13.7. The summed E-state index contributed by atoms with van der Waals surface area (Å²) in [4.78, 5) is 5.42. The summed E-state index contributed by atoms with van der Waals surface area (Å²) in [7, 11) is 0. The number of benzene rings is 8. The molecule has 0 saturated heterocycles. The van der Waals surface area contributed by atoms with Gasteiger partial charge in [-0.05, 0) is 191 Å². The van der Waals surface area contributed by atoms with E-state index in [1.807, 2.05) is 0 Å². The molecule has 384 valence electrons. The molecule has 0 radical (unpaired) electrons. The van der Waals surface area contributed by atoms with Gasteiger partial charge in [0, 0.05) is 34.0 Å². The van der Waals surface area contributed by atoms with E-state index in [1.165, 1.54) is 136 Å². The van der Waals surface area contributed by atoms with Crippen molar-refractivity contribution >= 4 is 57.2 Å². The van der Waals surface area contributed by atoms with Crippen molar-refractivity contribution in [3.05, 3.63) is 197 Å². The van der Waals surface area contributed by atoms with Crippen molar-refractivity contribution in [3.63, 3.8) is 0 Å². The summed E-state index contributed by atoms with van der Waals surface area (Å²) < 4.78 is 0. The van der Waals surface area contributed by atoms with Crippen LogP contribution in [0.4, 0.5) is 34.1 Å². The van der Waals surface area contributed by atoms with Gasteiger partial charge in [-0.1, -0.05) is 212 Å². The Balaban J connectivity index is 1.23. The molecule has 2 nitrogen and oxygen atoms in total. The maximum atomic E-state index is 2.75. The van der Waals surface area contributed by atoms with Gasteiger partial charge in [0.1, 0.15) is 0 Å². The van der Waals surface area contributed by atoms with Crippen molar-refractivity contribution in [1.82, 2.24) is 0 Å². The molecule has 2 heterocycles. The Bertz CT molecular complexity index is 3630. The molecule has 0 atom stereocenters. The molecule has 0 N–H and O–H groups in total. The Morgan fingerprint density at radius 3 is 1.39 bits per heavy atom. The van der Waals surface area contributed by atoms with Gasteiger partial charge in [-0.15, -0.1) is 0 Å². The first kappa shape index (κ1) is 50.3. The lowest BCUT2D eigenvalue weighted by Crippen LogP contribution is -2.62. The number of nitrogens with zero attached hydrogens (tertiary/aromatic N) is 2. The van der Waals surface area contributed by atoms with E-state index in [-0.39, 0.29) is 39.2 Å². The quantitative estimate of drug-likeness (QED) is 0.159. The molecule has 8 aromatic carbocycles. The van der Waals surface area contributed by atoms with Crippen LogP contribution < -0.4 is 26.2 Å². The third-order valence-corrected chi connectivity index (χ3v) is 18.8. The lowest BCUT2D eigenvalue weighted by Gasteiger charge is -2.48. The first-order valence-electron chi connectivity index (χ1n) is 28.5. The summed E-state index contributed by atoms with van der Waals surface area (Å²) in [5.41, 5.74) is 29.0. The van der Waals surface area contributed by atoms with Crippen molar-refractivity contribution in [3.8, 4) is 33.4 Å². The van der Waals surface area contributed by atoms with Crippen LogP contribution in [0.3, 0.4) is 0 Å². The number of aryl methyl sites for hydroxylation is 1. The van der Waals surface area contributed by atoms with Crippen LogP contribution in [0.5, 0.6) is 0 Å². The molecule has 2 aliphatic carbocycles. The minimum atomic E-state index is -0.163. The second-order valence-electron chi connectivity index (χ2n) is 28.0. The fraction of sp³-hybridized carbons (Fsp3) is 0.342. The molecule has 3 heteroatoms. The summed E-state index contributed by atoms with van der Waals surface area (Å²) in [5, 5.41) is 0. The van der Waals surface area contributed by atoms with Crippen molar-refractivity contribution in [1.29, 1.82) is 0 Å². The summed E-state index contributed by atoms with van der Waals surface area (Å²) in [5.74, 6) is 0. The highest BCUT2D eigenvalue weighted by molar-refractivity contribution is 7.00. The van der Waals surface area contributed by atoms with E-state index in [1.54, 1.807) is 0 Å². The van der Waals surface area contributed by atoms with E-state index in [0.717, 1.165) is 12.8 Å². The van der Waals surface area contributed by atoms with Crippen LogP contribution in [-0.4, -0.2) is 6.71 Å². The molecular weight excluding hydrogens is 916 g/mol. The lowest BCUT2D eigenvalue weighted by atomic mass is 9.33. The van der Waals surface area contributed by atoms with Gasteiger partial charge in [-0.25, -0.2) is 0 Å². The number of hydrogen-bond acceptors (Lipinski definition) is 2. The minimum Gasteiger partial charge on any atom is -0.311 e. The first-order chi connectivity index (χ1) is 35.8. The number of rotatable bonds is 5. The number of fused-ring (bicyclic) bond motifs is 6. The Morgan fingerprint density at radius 2 is 0.829 bits per heavy atom. The molecule has 0 aromatic heterocycles. The Kier molecular flexibility index (Phi) is 11.4. The molecule has 0 spiro atoms. The monoisotopic (exact) mass is 995 g/mol. The molecular formula is C73H79BN2. The van der Waals surface area contributed by atoms with E-state index < -0.39 is 0 Å². The SMILES string of the molecule is Cc1ccc(-c2ccccc2)cc1N1c2cc(-c3ccccc3)ccc2B2c3cc4c(cc3N(c3ccc(C(C)(C)C)cc3-c3ccc5c(c3)C(C)(C)CCC5(C)C)c3cc(C(C)(C)C)cc1c32)C(C)(C)CCC4(C)C. The predicted octanol–water partition coefficient (Wildman–Crippen LogP) is 18.4. The van der Waals surface area contributed by atoms with Crippen LogP contribution in [0.25, 0.3) is 33.4 Å². The Labute approximate surface area is 456 Å². The van der Waals surface area contributed by atoms with Crippen LogP contribution in [0.15, 0.2) is 158 Å². The fourth-order valence-electron chi connectivity index (χ4n) is 13.7. The molecule has 2 aliphatic heterocycles. The van der Waals surface area contributed by atoms with E-state index in [4.69, 9.17) is 0 Å². The molecule has 4 aliphatic rings. The molecule has 12 rings (SSSR count). The van der Waals surface area contributed by atoms with Crippen LogP contribution in [0.2, 0.25) is 0 Å². The van der Waals surface area contributed by atoms with Crippen LogP contribution in [0, 0.1) is 6.92 Å².